The molecule has 0 aliphatic heterocycles. The van der Waals surface area contributed by atoms with Gasteiger partial charge in [0.05, 0.1) is 22.9 Å². The molecule has 1 heterocycles. The number of carbonyl (C=O) groups is 2. The van der Waals surface area contributed by atoms with Gasteiger partial charge in [0.2, 0.25) is 0 Å². The molecule has 1 aromatic heterocycles. The molecule has 0 bridgehead atoms. The number of anilines is 1. The summed E-state index contributed by atoms with van der Waals surface area (Å²) in [6.07, 6.45) is 0. The molecule has 0 saturated heterocycles. The Kier molecular flexibility index (Phi) is 5.77. The van der Waals surface area contributed by atoms with Crippen LogP contribution in [-0.2, 0) is 9.53 Å². The number of aromatic nitrogens is 1. The summed E-state index contributed by atoms with van der Waals surface area (Å²) < 4.78 is 18.6. The number of nitriles is 1. The van der Waals surface area contributed by atoms with Gasteiger partial charge in [-0.1, -0.05) is 30.3 Å². The van der Waals surface area contributed by atoms with Gasteiger partial charge in [-0.05, 0) is 25.1 Å². The molecule has 8 heteroatoms. The van der Waals surface area contributed by atoms with Gasteiger partial charge in [-0.25, -0.2) is 14.2 Å². The first-order valence-electron chi connectivity index (χ1n) is 8.17. The highest BCUT2D eigenvalue weighted by molar-refractivity contribution is 7.16. The summed E-state index contributed by atoms with van der Waals surface area (Å²) in [6, 6.07) is 14.7. The van der Waals surface area contributed by atoms with Crippen molar-refractivity contribution >= 4 is 28.3 Å². The van der Waals surface area contributed by atoms with Crippen molar-refractivity contribution in [2.75, 3.05) is 11.9 Å². The summed E-state index contributed by atoms with van der Waals surface area (Å²) in [5.41, 5.74) is 1.43. The molecule has 1 amide bonds. The van der Waals surface area contributed by atoms with Crippen LogP contribution in [0.4, 0.5) is 9.52 Å². The summed E-state index contributed by atoms with van der Waals surface area (Å²) in [6.45, 7) is 1.31. The molecule has 0 aliphatic rings. The zero-order chi connectivity index (χ0) is 20.1. The molecule has 6 nitrogen and oxygen atoms in total. The van der Waals surface area contributed by atoms with Crippen LogP contribution < -0.4 is 5.32 Å². The Labute approximate surface area is 164 Å². The van der Waals surface area contributed by atoms with Crippen LogP contribution in [0.2, 0.25) is 0 Å². The molecule has 0 atom stereocenters. The van der Waals surface area contributed by atoms with E-state index >= 15 is 0 Å². The van der Waals surface area contributed by atoms with E-state index in [1.807, 2.05) is 37.3 Å². The summed E-state index contributed by atoms with van der Waals surface area (Å²) >= 11 is 1.30. The number of aryl methyl sites for hydroxylation is 1. The highest BCUT2D eigenvalue weighted by Crippen LogP contribution is 2.30. The molecule has 0 aliphatic carbocycles. The molecule has 0 spiro atoms. The number of halogens is 1. The summed E-state index contributed by atoms with van der Waals surface area (Å²) in [5, 5.41) is 11.7. The zero-order valence-corrected chi connectivity index (χ0v) is 15.5. The Bertz CT molecular complexity index is 1070. The van der Waals surface area contributed by atoms with Crippen LogP contribution in [0, 0.1) is 24.1 Å². The lowest BCUT2D eigenvalue weighted by molar-refractivity contribution is -0.119. The van der Waals surface area contributed by atoms with Gasteiger partial charge >= 0.3 is 5.97 Å². The lowest BCUT2D eigenvalue weighted by Crippen LogP contribution is -2.21. The van der Waals surface area contributed by atoms with Crippen LogP contribution >= 0.6 is 11.3 Å². The number of nitrogens with one attached hydrogen (secondary N) is 1. The van der Waals surface area contributed by atoms with E-state index < -0.39 is 24.3 Å². The predicted molar refractivity (Wildman–Crippen MR) is 102 cm³/mol. The smallest absolute Gasteiger partial charge is 0.341 e. The second kappa shape index (κ2) is 8.41. The maximum Gasteiger partial charge on any atom is 0.341 e. The fraction of sp³-hybridized carbons (Fsp3) is 0.100. The van der Waals surface area contributed by atoms with E-state index in [1.165, 1.54) is 17.4 Å². The van der Waals surface area contributed by atoms with Crippen molar-refractivity contribution in [3.8, 4) is 17.3 Å². The number of benzene rings is 2. The number of nitrogens with zero attached hydrogens (tertiary/aromatic N) is 2. The third kappa shape index (κ3) is 4.39. The number of rotatable bonds is 5. The van der Waals surface area contributed by atoms with Gasteiger partial charge in [0.25, 0.3) is 5.91 Å². The average Bonchev–Trinajstić information content (AvgIpc) is 3.06. The topological polar surface area (TPSA) is 92.1 Å². The number of ether oxygens (including phenoxy) is 1. The SMILES string of the molecule is Cc1sc(NC(=O)COC(=O)c2ccc(C#N)cc2F)nc1-c1ccccc1. The maximum atomic E-state index is 13.8. The molecule has 2 aromatic carbocycles. The van der Waals surface area contributed by atoms with Crippen molar-refractivity contribution in [2.45, 2.75) is 6.92 Å². The van der Waals surface area contributed by atoms with E-state index in [1.54, 1.807) is 6.07 Å². The standard InChI is InChI=1S/C20H14FN3O3S/c1-12-18(14-5-3-2-4-6-14)24-20(28-12)23-17(25)11-27-19(26)15-8-7-13(10-22)9-16(15)21/h2-9H,11H2,1H3,(H,23,24,25). The van der Waals surface area contributed by atoms with Crippen LogP contribution in [0.15, 0.2) is 48.5 Å². The third-order valence-corrected chi connectivity index (χ3v) is 4.63. The summed E-state index contributed by atoms with van der Waals surface area (Å²) in [7, 11) is 0. The average molecular weight is 395 g/mol. The molecule has 1 N–H and O–H groups in total. The lowest BCUT2D eigenvalue weighted by atomic mass is 10.1. The molecule has 0 unspecified atom stereocenters. The van der Waals surface area contributed by atoms with Gasteiger partial charge in [-0.15, -0.1) is 11.3 Å². The molecule has 0 saturated carbocycles. The van der Waals surface area contributed by atoms with E-state index in [0.717, 1.165) is 28.3 Å². The minimum atomic E-state index is -0.988. The van der Waals surface area contributed by atoms with E-state index in [-0.39, 0.29) is 11.1 Å². The number of hydrogen-bond acceptors (Lipinski definition) is 6. The first-order valence-corrected chi connectivity index (χ1v) is 8.99. The Hall–Kier alpha value is -3.57. The van der Waals surface area contributed by atoms with Crippen molar-refractivity contribution < 1.29 is 18.7 Å². The van der Waals surface area contributed by atoms with Crippen LogP contribution in [0.25, 0.3) is 11.3 Å². The van der Waals surface area contributed by atoms with Crippen LogP contribution in [0.5, 0.6) is 0 Å². The number of esters is 1. The summed E-state index contributed by atoms with van der Waals surface area (Å²) in [5.74, 6) is -2.46. The first kappa shape index (κ1) is 19.2. The summed E-state index contributed by atoms with van der Waals surface area (Å²) in [4.78, 5) is 29.3. The fourth-order valence-electron chi connectivity index (χ4n) is 2.43. The minimum absolute atomic E-state index is 0.0835. The monoisotopic (exact) mass is 395 g/mol. The van der Waals surface area contributed by atoms with Crippen molar-refractivity contribution in [1.82, 2.24) is 4.98 Å². The Morgan fingerprint density at radius 2 is 2.00 bits per heavy atom. The second-order valence-electron chi connectivity index (χ2n) is 5.72. The first-order chi connectivity index (χ1) is 13.5. The van der Waals surface area contributed by atoms with E-state index in [4.69, 9.17) is 10.00 Å². The number of hydrogen-bond donors (Lipinski definition) is 1. The highest BCUT2D eigenvalue weighted by Gasteiger charge is 2.17. The van der Waals surface area contributed by atoms with Gasteiger partial charge in [-0.3, -0.25) is 10.1 Å². The Balaban J connectivity index is 1.61. The number of amides is 1. The van der Waals surface area contributed by atoms with Gasteiger partial charge in [0.15, 0.2) is 11.7 Å². The van der Waals surface area contributed by atoms with Crippen LogP contribution in [-0.4, -0.2) is 23.5 Å². The molecular weight excluding hydrogens is 381 g/mol. The maximum absolute atomic E-state index is 13.8. The molecule has 3 aromatic rings. The van der Waals surface area contributed by atoms with Crippen LogP contribution in [0.1, 0.15) is 20.8 Å². The minimum Gasteiger partial charge on any atom is -0.452 e. The van der Waals surface area contributed by atoms with Gasteiger partial charge in [0.1, 0.15) is 5.82 Å². The highest BCUT2D eigenvalue weighted by atomic mass is 32.1. The van der Waals surface area contributed by atoms with E-state index in [0.29, 0.717) is 5.13 Å². The molecule has 0 radical (unpaired) electrons. The van der Waals surface area contributed by atoms with Crippen molar-refractivity contribution in [1.29, 1.82) is 5.26 Å². The largest absolute Gasteiger partial charge is 0.452 e. The molecule has 140 valence electrons. The zero-order valence-electron chi connectivity index (χ0n) is 14.7. The predicted octanol–water partition coefficient (Wildman–Crippen LogP) is 3.92. The van der Waals surface area contributed by atoms with Gasteiger partial charge in [0, 0.05) is 10.4 Å². The lowest BCUT2D eigenvalue weighted by Gasteiger charge is -2.05. The molecular formula is C20H14FN3O3S. The normalized spacial score (nSPS) is 10.2. The van der Waals surface area contributed by atoms with Crippen molar-refractivity contribution in [3.63, 3.8) is 0 Å². The quantitative estimate of drug-likeness (QED) is 0.661. The second-order valence-corrected chi connectivity index (χ2v) is 6.92. The van der Waals surface area contributed by atoms with E-state index in [2.05, 4.69) is 10.3 Å². The number of thiazole rings is 1. The third-order valence-electron chi connectivity index (χ3n) is 3.74. The van der Waals surface area contributed by atoms with Gasteiger partial charge < -0.3 is 4.74 Å². The fourth-order valence-corrected chi connectivity index (χ4v) is 3.28. The van der Waals surface area contributed by atoms with Crippen molar-refractivity contribution in [3.05, 3.63) is 70.4 Å². The molecule has 3 rings (SSSR count). The molecule has 0 fully saturated rings. The van der Waals surface area contributed by atoms with Crippen molar-refractivity contribution in [2.24, 2.45) is 0 Å². The number of carbonyl (C=O) groups excluding carboxylic acids is 2. The van der Waals surface area contributed by atoms with Crippen LogP contribution in [0.3, 0.4) is 0 Å². The Morgan fingerprint density at radius 1 is 1.25 bits per heavy atom. The van der Waals surface area contributed by atoms with Gasteiger partial charge in [-0.2, -0.15) is 5.26 Å². The Morgan fingerprint density at radius 3 is 2.68 bits per heavy atom. The molecule has 28 heavy (non-hydrogen) atoms. The van der Waals surface area contributed by atoms with E-state index in [9.17, 15) is 14.0 Å².